The molecule has 0 fully saturated rings. The molecule has 1 rings (SSSR count). The number of aliphatic hydroxyl groups excluding tert-OH is 1. The Hall–Kier alpha value is -1.33. The van der Waals surface area contributed by atoms with Gasteiger partial charge in [-0.15, -0.1) is 0 Å². The van der Waals surface area contributed by atoms with Crippen LogP contribution in [0.25, 0.3) is 0 Å². The molecule has 0 aromatic heterocycles. The summed E-state index contributed by atoms with van der Waals surface area (Å²) in [6.45, 7) is 0. The molecule has 0 amide bonds. The molecule has 3 N–H and O–H groups in total. The lowest BCUT2D eigenvalue weighted by atomic mass is 10.1. The monoisotopic (exact) mass is 286 g/mol. The number of carboxylic acids is 1. The molecule has 1 atom stereocenters. The topological polar surface area (TPSA) is 77.8 Å². The van der Waals surface area contributed by atoms with Crippen LogP contribution in [0.15, 0.2) is 34.8 Å². The molecular weight excluding hydrogens is 276 g/mol. The molecule has 0 saturated heterocycles. The van der Waals surface area contributed by atoms with Crippen molar-refractivity contribution in [3.05, 3.63) is 40.4 Å². The number of benzene rings is 1. The van der Waals surface area contributed by atoms with E-state index in [0.717, 1.165) is 10.5 Å². The van der Waals surface area contributed by atoms with E-state index in [1.807, 2.05) is 0 Å². The summed E-state index contributed by atoms with van der Waals surface area (Å²) in [5.41, 5.74) is 0.365. The number of aliphatic carboxylic acids is 1. The number of hydrogen-bond acceptors (Lipinski definition) is 3. The zero-order valence-corrected chi connectivity index (χ0v) is 9.89. The third-order valence-electron chi connectivity index (χ3n) is 1.97. The molecule has 0 aliphatic carbocycles. The molecule has 0 spiro atoms. The molecule has 0 aliphatic rings. The highest BCUT2D eigenvalue weighted by Crippen LogP contribution is 2.29. The minimum absolute atomic E-state index is 0.0144. The minimum atomic E-state index is -1.06. The third kappa shape index (κ3) is 3.67. The Morgan fingerprint density at radius 1 is 1.50 bits per heavy atom. The van der Waals surface area contributed by atoms with Crippen molar-refractivity contribution in [2.45, 2.75) is 12.5 Å². The van der Waals surface area contributed by atoms with Crippen molar-refractivity contribution in [3.63, 3.8) is 0 Å². The van der Waals surface area contributed by atoms with Gasteiger partial charge in [0.2, 0.25) is 0 Å². The fourth-order valence-corrected chi connectivity index (χ4v) is 1.60. The van der Waals surface area contributed by atoms with E-state index in [0.29, 0.717) is 5.56 Å². The van der Waals surface area contributed by atoms with Crippen molar-refractivity contribution in [1.82, 2.24) is 0 Å². The van der Waals surface area contributed by atoms with Gasteiger partial charge >= 0.3 is 5.97 Å². The van der Waals surface area contributed by atoms with Gasteiger partial charge in [0.15, 0.2) is 0 Å². The SMILES string of the molecule is O=C(O)/C=C/C[C@@H](O)c1cc(Br)ccc1O. The van der Waals surface area contributed by atoms with Crippen LogP contribution >= 0.6 is 15.9 Å². The first kappa shape index (κ1) is 12.7. The van der Waals surface area contributed by atoms with Crippen LogP contribution in [-0.4, -0.2) is 21.3 Å². The Morgan fingerprint density at radius 3 is 2.81 bits per heavy atom. The molecule has 86 valence electrons. The fraction of sp³-hybridized carbons (Fsp3) is 0.182. The van der Waals surface area contributed by atoms with E-state index in [9.17, 15) is 15.0 Å². The van der Waals surface area contributed by atoms with Crippen LogP contribution in [-0.2, 0) is 4.79 Å². The second-order valence-corrected chi connectivity index (χ2v) is 4.11. The molecule has 5 heteroatoms. The number of phenols is 1. The van der Waals surface area contributed by atoms with Crippen molar-refractivity contribution in [3.8, 4) is 5.75 Å². The number of carbonyl (C=O) groups is 1. The van der Waals surface area contributed by atoms with Crippen molar-refractivity contribution in [2.75, 3.05) is 0 Å². The summed E-state index contributed by atoms with van der Waals surface area (Å²) in [7, 11) is 0. The van der Waals surface area contributed by atoms with Crippen LogP contribution in [0.5, 0.6) is 5.75 Å². The maximum Gasteiger partial charge on any atom is 0.327 e. The molecule has 0 heterocycles. The highest BCUT2D eigenvalue weighted by Gasteiger charge is 2.11. The Kier molecular flexibility index (Phi) is 4.52. The Labute approximate surface area is 101 Å². The lowest BCUT2D eigenvalue weighted by molar-refractivity contribution is -0.131. The fourth-order valence-electron chi connectivity index (χ4n) is 1.22. The van der Waals surface area contributed by atoms with Crippen LogP contribution in [0.2, 0.25) is 0 Å². The van der Waals surface area contributed by atoms with E-state index in [2.05, 4.69) is 15.9 Å². The van der Waals surface area contributed by atoms with Gasteiger partial charge in [-0.2, -0.15) is 0 Å². The number of halogens is 1. The van der Waals surface area contributed by atoms with E-state index >= 15 is 0 Å². The van der Waals surface area contributed by atoms with Gasteiger partial charge in [0.25, 0.3) is 0 Å². The molecule has 0 bridgehead atoms. The van der Waals surface area contributed by atoms with E-state index < -0.39 is 12.1 Å². The van der Waals surface area contributed by atoms with Crippen LogP contribution in [0, 0.1) is 0 Å². The molecule has 0 unspecified atom stereocenters. The molecule has 0 aliphatic heterocycles. The van der Waals surface area contributed by atoms with Gasteiger partial charge in [-0.05, 0) is 24.6 Å². The number of phenolic OH excluding ortho intramolecular Hbond substituents is 1. The highest BCUT2D eigenvalue weighted by molar-refractivity contribution is 9.10. The summed E-state index contributed by atoms with van der Waals surface area (Å²) < 4.78 is 0.738. The first-order chi connectivity index (χ1) is 7.50. The van der Waals surface area contributed by atoms with Gasteiger partial charge in [-0.1, -0.05) is 22.0 Å². The Balaban J connectivity index is 2.76. The van der Waals surface area contributed by atoms with Crippen LogP contribution in [0.3, 0.4) is 0 Å². The second kappa shape index (κ2) is 5.67. The molecule has 1 aromatic rings. The van der Waals surface area contributed by atoms with E-state index in [1.54, 1.807) is 12.1 Å². The standard InChI is InChI=1S/C11H11BrO4/c12-7-4-5-10(14)8(6-7)9(13)2-1-3-11(15)16/h1,3-6,9,13-14H,2H2,(H,15,16)/b3-1+/t9-/m1/s1. The van der Waals surface area contributed by atoms with E-state index in [1.165, 1.54) is 12.1 Å². The molecule has 0 saturated carbocycles. The first-order valence-electron chi connectivity index (χ1n) is 4.56. The molecule has 16 heavy (non-hydrogen) atoms. The predicted octanol–water partition coefficient (Wildman–Crippen LogP) is 2.22. The van der Waals surface area contributed by atoms with E-state index in [4.69, 9.17) is 5.11 Å². The Morgan fingerprint density at radius 2 is 2.19 bits per heavy atom. The number of hydrogen-bond donors (Lipinski definition) is 3. The first-order valence-corrected chi connectivity index (χ1v) is 5.36. The highest BCUT2D eigenvalue weighted by atomic mass is 79.9. The molecular formula is C11H11BrO4. The zero-order chi connectivity index (χ0) is 12.1. The lowest BCUT2D eigenvalue weighted by Crippen LogP contribution is -1.97. The summed E-state index contributed by atoms with van der Waals surface area (Å²) in [4.78, 5) is 10.2. The van der Waals surface area contributed by atoms with Gasteiger partial charge in [0, 0.05) is 16.1 Å². The summed E-state index contributed by atoms with van der Waals surface area (Å²) in [6, 6.07) is 4.71. The van der Waals surface area contributed by atoms with Gasteiger partial charge in [0.1, 0.15) is 5.75 Å². The van der Waals surface area contributed by atoms with Crippen molar-refractivity contribution in [2.24, 2.45) is 0 Å². The summed E-state index contributed by atoms with van der Waals surface area (Å²) in [5, 5.41) is 27.6. The normalized spacial score (nSPS) is 12.9. The van der Waals surface area contributed by atoms with Gasteiger partial charge < -0.3 is 15.3 Å². The predicted molar refractivity (Wildman–Crippen MR) is 62.2 cm³/mol. The zero-order valence-electron chi connectivity index (χ0n) is 8.30. The number of aromatic hydroxyl groups is 1. The number of carboxylic acid groups (broad SMARTS) is 1. The largest absolute Gasteiger partial charge is 0.508 e. The molecule has 0 radical (unpaired) electrons. The number of rotatable bonds is 4. The smallest absolute Gasteiger partial charge is 0.327 e. The summed E-state index contributed by atoms with van der Waals surface area (Å²) in [6.07, 6.45) is 1.51. The Bertz CT molecular complexity index is 414. The van der Waals surface area contributed by atoms with Gasteiger partial charge in [-0.25, -0.2) is 4.79 Å². The van der Waals surface area contributed by atoms with Gasteiger partial charge in [-0.3, -0.25) is 0 Å². The van der Waals surface area contributed by atoms with Crippen molar-refractivity contribution in [1.29, 1.82) is 0 Å². The minimum Gasteiger partial charge on any atom is -0.508 e. The molecule has 4 nitrogen and oxygen atoms in total. The quantitative estimate of drug-likeness (QED) is 0.742. The summed E-state index contributed by atoms with van der Waals surface area (Å²) >= 11 is 3.22. The van der Waals surface area contributed by atoms with E-state index in [-0.39, 0.29) is 12.2 Å². The van der Waals surface area contributed by atoms with Crippen molar-refractivity contribution < 1.29 is 20.1 Å². The third-order valence-corrected chi connectivity index (χ3v) is 2.46. The van der Waals surface area contributed by atoms with Gasteiger partial charge in [0.05, 0.1) is 6.10 Å². The maximum atomic E-state index is 10.2. The average Bonchev–Trinajstić information content (AvgIpc) is 2.21. The van der Waals surface area contributed by atoms with Crippen LogP contribution in [0.1, 0.15) is 18.1 Å². The maximum absolute atomic E-state index is 10.2. The van der Waals surface area contributed by atoms with Crippen LogP contribution < -0.4 is 0 Å². The lowest BCUT2D eigenvalue weighted by Gasteiger charge is -2.10. The van der Waals surface area contributed by atoms with Crippen molar-refractivity contribution >= 4 is 21.9 Å². The summed E-state index contributed by atoms with van der Waals surface area (Å²) in [5.74, 6) is -1.08. The van der Waals surface area contributed by atoms with Crippen LogP contribution in [0.4, 0.5) is 0 Å². The average molecular weight is 287 g/mol. The second-order valence-electron chi connectivity index (χ2n) is 3.20. The number of aliphatic hydroxyl groups is 1. The molecule has 1 aromatic carbocycles.